The van der Waals surface area contributed by atoms with E-state index in [0.717, 1.165) is 35.1 Å². The zero-order valence-electron chi connectivity index (χ0n) is 13.2. The summed E-state index contributed by atoms with van der Waals surface area (Å²) in [5.74, 6) is 13.1. The van der Waals surface area contributed by atoms with Crippen LogP contribution in [0.15, 0.2) is 71.8 Å². The molecule has 108 valence electrons. The van der Waals surface area contributed by atoms with Gasteiger partial charge in [-0.25, -0.2) is 0 Å². The van der Waals surface area contributed by atoms with Crippen LogP contribution in [0, 0.1) is 23.7 Å². The van der Waals surface area contributed by atoms with Crippen molar-refractivity contribution in [3.05, 3.63) is 82.9 Å². The Morgan fingerprint density at radius 3 is 1.32 bits per heavy atom. The molecule has 0 heteroatoms. The Kier molecular flexibility index (Phi) is 6.10. The maximum absolute atomic E-state index is 3.30. The standard InChI is InChI=1S/C22H20/c1-3-21(17-15-19-11-7-5-8-12-19)22(4-2)18-16-20-13-9-6-10-14-20/h5-14H,3-4H2,1-2H3/b22-21+. The number of hydrogen-bond donors (Lipinski definition) is 0. The second kappa shape index (κ2) is 8.56. The third-order valence-electron chi connectivity index (χ3n) is 3.33. The third kappa shape index (κ3) is 4.69. The minimum atomic E-state index is 0.909. The molecule has 0 unspecified atom stereocenters. The lowest BCUT2D eigenvalue weighted by molar-refractivity contribution is 1.07. The number of hydrogen-bond acceptors (Lipinski definition) is 0. The van der Waals surface area contributed by atoms with Crippen LogP contribution in [0.25, 0.3) is 0 Å². The molecule has 0 heterocycles. The van der Waals surface area contributed by atoms with Gasteiger partial charge in [0, 0.05) is 22.3 Å². The van der Waals surface area contributed by atoms with Gasteiger partial charge in [-0.15, -0.1) is 0 Å². The predicted octanol–water partition coefficient (Wildman–Crippen LogP) is 5.21. The molecule has 0 aliphatic rings. The molecule has 0 amide bonds. The molecule has 0 saturated carbocycles. The summed E-state index contributed by atoms with van der Waals surface area (Å²) in [5, 5.41) is 0. The van der Waals surface area contributed by atoms with Crippen LogP contribution in [-0.4, -0.2) is 0 Å². The van der Waals surface area contributed by atoms with Gasteiger partial charge in [0.15, 0.2) is 0 Å². The van der Waals surface area contributed by atoms with Crippen LogP contribution < -0.4 is 0 Å². The van der Waals surface area contributed by atoms with Gasteiger partial charge in [-0.1, -0.05) is 73.9 Å². The van der Waals surface area contributed by atoms with E-state index in [9.17, 15) is 0 Å². The Balaban J connectivity index is 2.30. The van der Waals surface area contributed by atoms with Crippen molar-refractivity contribution in [1.82, 2.24) is 0 Å². The summed E-state index contributed by atoms with van der Waals surface area (Å²) < 4.78 is 0. The normalized spacial score (nSPS) is 10.6. The summed E-state index contributed by atoms with van der Waals surface area (Å²) in [6.45, 7) is 4.27. The second-order valence-corrected chi connectivity index (χ2v) is 4.90. The fourth-order valence-electron chi connectivity index (χ4n) is 2.09. The van der Waals surface area contributed by atoms with Crippen LogP contribution in [0.2, 0.25) is 0 Å². The molecule has 2 rings (SSSR count). The highest BCUT2D eigenvalue weighted by Crippen LogP contribution is 2.12. The maximum Gasteiger partial charge on any atom is 0.0248 e. The fourth-order valence-corrected chi connectivity index (χ4v) is 2.09. The highest BCUT2D eigenvalue weighted by molar-refractivity contribution is 5.49. The van der Waals surface area contributed by atoms with Gasteiger partial charge >= 0.3 is 0 Å². The minimum absolute atomic E-state index is 0.909. The topological polar surface area (TPSA) is 0 Å². The molecule has 0 radical (unpaired) electrons. The summed E-state index contributed by atoms with van der Waals surface area (Å²) in [6, 6.07) is 20.2. The first kappa shape index (κ1) is 15.7. The molecule has 22 heavy (non-hydrogen) atoms. The van der Waals surface area contributed by atoms with Gasteiger partial charge in [-0.2, -0.15) is 0 Å². The summed E-state index contributed by atoms with van der Waals surface area (Å²) in [5.41, 5.74) is 4.35. The van der Waals surface area contributed by atoms with Gasteiger partial charge in [0.2, 0.25) is 0 Å². The molecule has 2 aromatic carbocycles. The van der Waals surface area contributed by atoms with E-state index < -0.39 is 0 Å². The number of rotatable bonds is 2. The van der Waals surface area contributed by atoms with E-state index in [1.165, 1.54) is 0 Å². The molecule has 0 N–H and O–H groups in total. The Hall–Kier alpha value is -2.70. The third-order valence-corrected chi connectivity index (χ3v) is 3.33. The molecule has 0 aliphatic carbocycles. The van der Waals surface area contributed by atoms with Gasteiger partial charge in [-0.05, 0) is 37.1 Å². The molecule has 0 aromatic heterocycles. The van der Waals surface area contributed by atoms with E-state index in [1.807, 2.05) is 60.7 Å². The zero-order chi connectivity index (χ0) is 15.6. The van der Waals surface area contributed by atoms with E-state index in [-0.39, 0.29) is 0 Å². The van der Waals surface area contributed by atoms with Gasteiger partial charge in [-0.3, -0.25) is 0 Å². The first-order chi connectivity index (χ1) is 10.8. The van der Waals surface area contributed by atoms with Gasteiger partial charge in [0.1, 0.15) is 0 Å². The predicted molar refractivity (Wildman–Crippen MR) is 94.2 cm³/mol. The average molecular weight is 284 g/mol. The van der Waals surface area contributed by atoms with E-state index >= 15 is 0 Å². The lowest BCUT2D eigenvalue weighted by atomic mass is 10.0. The molecular weight excluding hydrogens is 264 g/mol. The number of benzene rings is 2. The van der Waals surface area contributed by atoms with Crippen molar-refractivity contribution in [2.75, 3.05) is 0 Å². The van der Waals surface area contributed by atoms with Crippen molar-refractivity contribution in [2.24, 2.45) is 0 Å². The summed E-state index contributed by atoms with van der Waals surface area (Å²) in [7, 11) is 0. The Labute approximate surface area is 133 Å². The second-order valence-electron chi connectivity index (χ2n) is 4.90. The van der Waals surface area contributed by atoms with E-state index in [2.05, 4.69) is 37.5 Å². The quantitative estimate of drug-likeness (QED) is 0.664. The highest BCUT2D eigenvalue weighted by Gasteiger charge is 1.98. The molecule has 0 spiro atoms. The SMILES string of the molecule is CC/C(C#Cc1ccccc1)=C(\C#Cc1ccccc1)CC. The minimum Gasteiger partial charge on any atom is -0.0652 e. The van der Waals surface area contributed by atoms with Crippen LogP contribution >= 0.6 is 0 Å². The van der Waals surface area contributed by atoms with E-state index in [1.54, 1.807) is 0 Å². The molecule has 0 saturated heterocycles. The summed E-state index contributed by atoms with van der Waals surface area (Å²) in [4.78, 5) is 0. The van der Waals surface area contributed by atoms with Crippen molar-refractivity contribution in [1.29, 1.82) is 0 Å². The smallest absolute Gasteiger partial charge is 0.0248 e. The Bertz CT molecular complexity index is 674. The Morgan fingerprint density at radius 2 is 1.00 bits per heavy atom. The zero-order valence-corrected chi connectivity index (χ0v) is 13.2. The summed E-state index contributed by atoms with van der Waals surface area (Å²) >= 11 is 0. The van der Waals surface area contributed by atoms with Crippen molar-refractivity contribution >= 4 is 0 Å². The lowest BCUT2D eigenvalue weighted by Crippen LogP contribution is -1.87. The first-order valence-electron chi connectivity index (χ1n) is 7.69. The monoisotopic (exact) mass is 284 g/mol. The van der Waals surface area contributed by atoms with Crippen LogP contribution in [0.1, 0.15) is 37.8 Å². The first-order valence-corrected chi connectivity index (χ1v) is 7.69. The van der Waals surface area contributed by atoms with Gasteiger partial charge in [0.25, 0.3) is 0 Å². The van der Waals surface area contributed by atoms with E-state index in [0.29, 0.717) is 0 Å². The Morgan fingerprint density at radius 1 is 0.636 bits per heavy atom. The maximum atomic E-state index is 3.30. The van der Waals surface area contributed by atoms with Crippen LogP contribution in [0.5, 0.6) is 0 Å². The van der Waals surface area contributed by atoms with Gasteiger partial charge < -0.3 is 0 Å². The van der Waals surface area contributed by atoms with Crippen LogP contribution in [0.4, 0.5) is 0 Å². The molecule has 0 fully saturated rings. The van der Waals surface area contributed by atoms with Crippen molar-refractivity contribution in [2.45, 2.75) is 26.7 Å². The lowest BCUT2D eigenvalue weighted by Gasteiger charge is -2.00. The fraction of sp³-hybridized carbons (Fsp3) is 0.182. The molecule has 0 nitrogen and oxygen atoms in total. The molecule has 0 bridgehead atoms. The van der Waals surface area contributed by atoms with Crippen LogP contribution in [0.3, 0.4) is 0 Å². The molecule has 2 aromatic rings. The van der Waals surface area contributed by atoms with E-state index in [4.69, 9.17) is 0 Å². The summed E-state index contributed by atoms with van der Waals surface area (Å²) in [6.07, 6.45) is 1.82. The highest BCUT2D eigenvalue weighted by atomic mass is 14.0. The number of allylic oxidation sites excluding steroid dienone is 2. The van der Waals surface area contributed by atoms with Crippen molar-refractivity contribution in [3.8, 4) is 23.7 Å². The molecule has 0 atom stereocenters. The average Bonchev–Trinajstić information content (AvgIpc) is 2.59. The van der Waals surface area contributed by atoms with Crippen LogP contribution in [-0.2, 0) is 0 Å². The molecular formula is C22H20. The van der Waals surface area contributed by atoms with Crippen molar-refractivity contribution < 1.29 is 0 Å². The molecule has 0 aliphatic heterocycles. The van der Waals surface area contributed by atoms with Crippen molar-refractivity contribution in [3.63, 3.8) is 0 Å². The van der Waals surface area contributed by atoms with Gasteiger partial charge in [0.05, 0.1) is 0 Å². The largest absolute Gasteiger partial charge is 0.0652 e.